The highest BCUT2D eigenvalue weighted by Crippen LogP contribution is 2.24. The number of fused-ring (bicyclic) bond motifs is 1. The summed E-state index contributed by atoms with van der Waals surface area (Å²) in [5, 5.41) is 0. The van der Waals surface area contributed by atoms with Gasteiger partial charge in [-0.2, -0.15) is 0 Å². The Kier molecular flexibility index (Phi) is 3.89. The number of rotatable bonds is 3. The van der Waals surface area contributed by atoms with Crippen LogP contribution in [0, 0.1) is 5.82 Å². The molecule has 2 aromatic rings. The lowest BCUT2D eigenvalue weighted by molar-refractivity contribution is 0.0693. The molecule has 6 heteroatoms. The molecule has 5 nitrogen and oxygen atoms in total. The monoisotopic (exact) mass is 326 g/mol. The second-order valence-electron chi connectivity index (χ2n) is 5.46. The zero-order valence-electron chi connectivity index (χ0n) is 13.2. The van der Waals surface area contributed by atoms with Gasteiger partial charge in [0, 0.05) is 24.8 Å². The normalized spacial score (nSPS) is 13.2. The van der Waals surface area contributed by atoms with Crippen molar-refractivity contribution in [3.05, 3.63) is 65.0 Å². The second kappa shape index (κ2) is 5.88. The molecular weight excluding hydrogens is 311 g/mol. The zero-order valence-corrected chi connectivity index (χ0v) is 13.2. The van der Waals surface area contributed by atoms with Crippen LogP contribution in [-0.4, -0.2) is 36.2 Å². The maximum atomic E-state index is 13.1. The molecule has 0 saturated carbocycles. The lowest BCUT2D eigenvalue weighted by atomic mass is 10.0. The van der Waals surface area contributed by atoms with E-state index in [4.69, 9.17) is 0 Å². The van der Waals surface area contributed by atoms with Gasteiger partial charge in [0.25, 0.3) is 17.7 Å². The smallest absolute Gasteiger partial charge is 0.261 e. The first-order valence-corrected chi connectivity index (χ1v) is 7.48. The highest BCUT2D eigenvalue weighted by Gasteiger charge is 2.33. The van der Waals surface area contributed by atoms with Gasteiger partial charge in [-0.15, -0.1) is 0 Å². The van der Waals surface area contributed by atoms with Gasteiger partial charge >= 0.3 is 0 Å². The van der Waals surface area contributed by atoms with Gasteiger partial charge in [0.1, 0.15) is 5.82 Å². The van der Waals surface area contributed by atoms with E-state index in [9.17, 15) is 18.8 Å². The van der Waals surface area contributed by atoms with Crippen LogP contribution in [0.2, 0.25) is 0 Å². The van der Waals surface area contributed by atoms with Gasteiger partial charge in [-0.05, 0) is 49.4 Å². The SMILES string of the molecule is CCN(C(=O)c1ccc2c(c1)C(=O)N(C)C2=O)c1ccc(F)cc1. The lowest BCUT2D eigenvalue weighted by Crippen LogP contribution is -2.30. The molecule has 0 aliphatic carbocycles. The molecule has 0 aromatic heterocycles. The van der Waals surface area contributed by atoms with Gasteiger partial charge < -0.3 is 4.90 Å². The summed E-state index contributed by atoms with van der Waals surface area (Å²) in [6, 6.07) is 10.1. The molecule has 3 rings (SSSR count). The minimum atomic E-state index is -0.422. The largest absolute Gasteiger partial charge is 0.309 e. The Hall–Kier alpha value is -3.02. The number of carbonyl (C=O) groups excluding carboxylic acids is 3. The molecule has 1 aliphatic heterocycles. The number of anilines is 1. The highest BCUT2D eigenvalue weighted by molar-refractivity contribution is 6.22. The van der Waals surface area contributed by atoms with Crippen molar-refractivity contribution in [3.63, 3.8) is 0 Å². The predicted octanol–water partition coefficient (Wildman–Crippen LogP) is 2.72. The number of hydrogen-bond donors (Lipinski definition) is 0. The van der Waals surface area contributed by atoms with E-state index in [-0.39, 0.29) is 23.2 Å². The van der Waals surface area contributed by atoms with Crippen molar-refractivity contribution in [2.75, 3.05) is 18.5 Å². The summed E-state index contributed by atoms with van der Waals surface area (Å²) in [6.45, 7) is 2.19. The number of nitrogens with zero attached hydrogens (tertiary/aromatic N) is 2. The number of imide groups is 1. The van der Waals surface area contributed by atoms with Crippen molar-refractivity contribution >= 4 is 23.4 Å². The van der Waals surface area contributed by atoms with Gasteiger partial charge in [0.05, 0.1) is 11.1 Å². The van der Waals surface area contributed by atoms with Crippen LogP contribution in [0.1, 0.15) is 38.0 Å². The van der Waals surface area contributed by atoms with Crippen molar-refractivity contribution in [3.8, 4) is 0 Å². The van der Waals surface area contributed by atoms with E-state index in [1.165, 1.54) is 54.4 Å². The summed E-state index contributed by atoms with van der Waals surface area (Å²) in [6.07, 6.45) is 0. The van der Waals surface area contributed by atoms with Crippen LogP contribution >= 0.6 is 0 Å². The topological polar surface area (TPSA) is 57.7 Å². The fourth-order valence-electron chi connectivity index (χ4n) is 2.71. The first-order valence-electron chi connectivity index (χ1n) is 7.48. The highest BCUT2D eigenvalue weighted by atomic mass is 19.1. The summed E-state index contributed by atoms with van der Waals surface area (Å²) in [5.74, 6) is -1.50. The van der Waals surface area contributed by atoms with Gasteiger partial charge in [-0.25, -0.2) is 4.39 Å². The molecule has 1 aliphatic rings. The van der Waals surface area contributed by atoms with Crippen molar-refractivity contribution in [2.45, 2.75) is 6.92 Å². The molecule has 0 N–H and O–H groups in total. The molecule has 0 atom stereocenters. The number of hydrogen-bond acceptors (Lipinski definition) is 3. The second-order valence-corrected chi connectivity index (χ2v) is 5.46. The molecule has 0 spiro atoms. The van der Waals surface area contributed by atoms with Crippen molar-refractivity contribution in [2.24, 2.45) is 0 Å². The standard InChI is InChI=1S/C18H15FN2O3/c1-3-21(13-7-5-12(19)6-8-13)16(22)11-4-9-14-15(10-11)18(24)20(2)17(14)23/h4-10H,3H2,1-2H3. The van der Waals surface area contributed by atoms with Crippen LogP contribution in [0.15, 0.2) is 42.5 Å². The maximum absolute atomic E-state index is 13.1. The average molecular weight is 326 g/mol. The third kappa shape index (κ3) is 2.46. The van der Waals surface area contributed by atoms with Crippen molar-refractivity contribution in [1.82, 2.24) is 4.90 Å². The van der Waals surface area contributed by atoms with E-state index in [1.54, 1.807) is 6.92 Å². The minimum Gasteiger partial charge on any atom is -0.309 e. The lowest BCUT2D eigenvalue weighted by Gasteiger charge is -2.21. The van der Waals surface area contributed by atoms with E-state index in [0.29, 0.717) is 23.4 Å². The number of carbonyl (C=O) groups is 3. The molecule has 0 bridgehead atoms. The van der Waals surface area contributed by atoms with E-state index in [1.807, 2.05) is 0 Å². The molecular formula is C18H15FN2O3. The summed E-state index contributed by atoms with van der Waals surface area (Å²) in [4.78, 5) is 39.2. The molecule has 3 amide bonds. The third-order valence-electron chi connectivity index (χ3n) is 4.04. The fourth-order valence-corrected chi connectivity index (χ4v) is 2.71. The zero-order chi connectivity index (χ0) is 17.4. The molecule has 0 fully saturated rings. The van der Waals surface area contributed by atoms with Crippen LogP contribution in [0.25, 0.3) is 0 Å². The van der Waals surface area contributed by atoms with E-state index < -0.39 is 5.91 Å². The Bertz CT molecular complexity index is 846. The molecule has 2 aromatic carbocycles. The fraction of sp³-hybridized carbons (Fsp3) is 0.167. The van der Waals surface area contributed by atoms with Crippen LogP contribution in [0.4, 0.5) is 10.1 Å². The Labute approximate surface area is 138 Å². The van der Waals surface area contributed by atoms with Gasteiger partial charge in [0.15, 0.2) is 0 Å². The van der Waals surface area contributed by atoms with Crippen LogP contribution in [0.3, 0.4) is 0 Å². The molecule has 0 radical (unpaired) electrons. The van der Waals surface area contributed by atoms with E-state index in [2.05, 4.69) is 0 Å². The molecule has 1 heterocycles. The Balaban J connectivity index is 1.97. The molecule has 0 saturated heterocycles. The molecule has 24 heavy (non-hydrogen) atoms. The molecule has 122 valence electrons. The van der Waals surface area contributed by atoms with E-state index in [0.717, 1.165) is 4.90 Å². The number of benzene rings is 2. The minimum absolute atomic E-state index is 0.225. The predicted molar refractivity (Wildman–Crippen MR) is 86.6 cm³/mol. The Morgan fingerprint density at radius 3 is 2.29 bits per heavy atom. The van der Waals surface area contributed by atoms with Gasteiger partial charge in [-0.3, -0.25) is 19.3 Å². The maximum Gasteiger partial charge on any atom is 0.261 e. The number of halogens is 1. The summed E-state index contributed by atoms with van der Waals surface area (Å²) in [7, 11) is 1.41. The Morgan fingerprint density at radius 1 is 1.04 bits per heavy atom. The first-order chi connectivity index (χ1) is 11.4. The molecule has 0 unspecified atom stereocenters. The third-order valence-corrected chi connectivity index (χ3v) is 4.04. The quantitative estimate of drug-likeness (QED) is 0.815. The van der Waals surface area contributed by atoms with Crippen molar-refractivity contribution in [1.29, 1.82) is 0 Å². The summed E-state index contributed by atoms with van der Waals surface area (Å²) < 4.78 is 13.1. The van der Waals surface area contributed by atoms with Crippen LogP contribution < -0.4 is 4.90 Å². The number of amides is 3. The summed E-state index contributed by atoms with van der Waals surface area (Å²) in [5.41, 5.74) is 1.38. The Morgan fingerprint density at radius 2 is 1.67 bits per heavy atom. The first kappa shape index (κ1) is 15.9. The average Bonchev–Trinajstić information content (AvgIpc) is 2.81. The summed E-state index contributed by atoms with van der Waals surface area (Å²) >= 11 is 0. The van der Waals surface area contributed by atoms with Gasteiger partial charge in [0.2, 0.25) is 0 Å². The van der Waals surface area contributed by atoms with Crippen LogP contribution in [0.5, 0.6) is 0 Å². The van der Waals surface area contributed by atoms with Crippen LogP contribution in [-0.2, 0) is 0 Å². The van der Waals surface area contributed by atoms with E-state index >= 15 is 0 Å². The van der Waals surface area contributed by atoms with Gasteiger partial charge in [-0.1, -0.05) is 0 Å². The van der Waals surface area contributed by atoms with Crippen molar-refractivity contribution < 1.29 is 18.8 Å².